The van der Waals surface area contributed by atoms with E-state index >= 15 is 8.78 Å². The predicted octanol–water partition coefficient (Wildman–Crippen LogP) is 7.74. The molecule has 0 saturated heterocycles. The van der Waals surface area contributed by atoms with E-state index in [1.54, 1.807) is 55.4 Å². The van der Waals surface area contributed by atoms with Gasteiger partial charge in [-0.2, -0.15) is 0 Å². The second-order valence-corrected chi connectivity index (χ2v) is 15.3. The maximum absolute atomic E-state index is 15.2. The Morgan fingerprint density at radius 3 is 1.28 bits per heavy atom. The minimum Gasteiger partial charge on any atom is -0.458 e. The van der Waals surface area contributed by atoms with E-state index in [-0.39, 0.29) is 32.8 Å². The third-order valence-electron chi connectivity index (χ3n) is 6.95. The van der Waals surface area contributed by atoms with Crippen molar-refractivity contribution < 1.29 is 37.4 Å². The number of benzene rings is 2. The Morgan fingerprint density at radius 2 is 1.00 bits per heavy atom. The molecular weight excluding hydrogens is 635 g/mol. The lowest BCUT2D eigenvalue weighted by molar-refractivity contribution is -0.159. The van der Waals surface area contributed by atoms with E-state index in [0.717, 1.165) is 33.7 Å². The van der Waals surface area contributed by atoms with Gasteiger partial charge >= 0.3 is 11.9 Å². The van der Waals surface area contributed by atoms with E-state index in [1.807, 2.05) is 13.8 Å². The van der Waals surface area contributed by atoms with Gasteiger partial charge in [0.25, 0.3) is 11.8 Å². The summed E-state index contributed by atoms with van der Waals surface area (Å²) in [4.78, 5) is 52.6. The summed E-state index contributed by atoms with van der Waals surface area (Å²) in [6.45, 7) is 17.7. The highest BCUT2D eigenvalue weighted by Crippen LogP contribution is 2.43. The summed E-state index contributed by atoms with van der Waals surface area (Å²) in [6, 6.07) is 5.86. The molecule has 0 aromatic heterocycles. The van der Waals surface area contributed by atoms with E-state index in [2.05, 4.69) is 10.6 Å². The molecule has 0 radical (unpaired) electrons. The molecule has 12 heteroatoms. The Labute approximate surface area is 278 Å². The molecule has 2 rings (SSSR count). The molecule has 0 aliphatic heterocycles. The van der Waals surface area contributed by atoms with Crippen molar-refractivity contribution in [1.29, 1.82) is 0 Å². The third-order valence-corrected chi connectivity index (χ3v) is 9.45. The van der Waals surface area contributed by atoms with Crippen molar-refractivity contribution in [3.05, 3.63) is 59.2 Å². The Balaban J connectivity index is 2.39. The van der Waals surface area contributed by atoms with Gasteiger partial charge in [-0.3, -0.25) is 9.59 Å². The molecule has 4 atom stereocenters. The second-order valence-electron chi connectivity index (χ2n) is 13.1. The van der Waals surface area contributed by atoms with E-state index in [1.165, 1.54) is 24.3 Å². The van der Waals surface area contributed by atoms with Crippen LogP contribution in [-0.4, -0.2) is 47.0 Å². The smallest absolute Gasteiger partial charge is 0.329 e. The summed E-state index contributed by atoms with van der Waals surface area (Å²) >= 11 is 0. The monoisotopic (exact) mass is 680 g/mol. The van der Waals surface area contributed by atoms with E-state index < -0.39 is 58.7 Å². The third kappa shape index (κ3) is 11.3. The lowest BCUT2D eigenvalue weighted by Crippen LogP contribution is -2.48. The Kier molecular flexibility index (Phi) is 14.1. The fourth-order valence-electron chi connectivity index (χ4n) is 4.13. The Morgan fingerprint density at radius 1 is 0.674 bits per heavy atom. The van der Waals surface area contributed by atoms with Crippen LogP contribution in [0.5, 0.6) is 0 Å². The van der Waals surface area contributed by atoms with Crippen LogP contribution in [0.3, 0.4) is 0 Å². The Hall–Kier alpha value is -3.12. The maximum Gasteiger partial charge on any atom is 0.329 e. The largest absolute Gasteiger partial charge is 0.458 e. The molecule has 0 aliphatic rings. The van der Waals surface area contributed by atoms with Crippen LogP contribution in [0.15, 0.2) is 46.2 Å². The molecule has 0 heterocycles. The van der Waals surface area contributed by atoms with Crippen LogP contribution >= 0.6 is 21.6 Å². The summed E-state index contributed by atoms with van der Waals surface area (Å²) in [5.41, 5.74) is -1.71. The summed E-state index contributed by atoms with van der Waals surface area (Å²) in [6.07, 6.45) is 1.13. The number of amides is 2. The van der Waals surface area contributed by atoms with Crippen molar-refractivity contribution in [3.8, 4) is 0 Å². The number of carbonyl (C=O) groups is 4. The van der Waals surface area contributed by atoms with Crippen molar-refractivity contribution in [2.24, 2.45) is 11.8 Å². The van der Waals surface area contributed by atoms with Gasteiger partial charge in [-0.05, 0) is 99.2 Å². The van der Waals surface area contributed by atoms with Crippen molar-refractivity contribution >= 4 is 45.3 Å². The summed E-state index contributed by atoms with van der Waals surface area (Å²) < 4.78 is 41.4. The molecule has 8 nitrogen and oxygen atoms in total. The molecule has 0 bridgehead atoms. The number of hydrogen-bond acceptors (Lipinski definition) is 8. The molecule has 0 fully saturated rings. The van der Waals surface area contributed by atoms with Crippen LogP contribution in [0, 0.1) is 23.5 Å². The fourth-order valence-corrected chi connectivity index (χ4v) is 6.61. The summed E-state index contributed by atoms with van der Waals surface area (Å²) in [5.74, 6) is -4.69. The van der Waals surface area contributed by atoms with Crippen LogP contribution in [0.2, 0.25) is 0 Å². The molecular formula is C34H46F2N2O6S2. The number of ether oxygens (including phenoxy) is 2. The minimum absolute atomic E-state index is 0.0709. The maximum atomic E-state index is 15.2. The van der Waals surface area contributed by atoms with E-state index in [9.17, 15) is 19.2 Å². The highest BCUT2D eigenvalue weighted by molar-refractivity contribution is 8.76. The zero-order valence-corrected chi connectivity index (χ0v) is 29.8. The highest BCUT2D eigenvalue weighted by Gasteiger charge is 2.33. The van der Waals surface area contributed by atoms with Gasteiger partial charge in [-0.1, -0.05) is 52.7 Å². The van der Waals surface area contributed by atoms with Crippen molar-refractivity contribution in [3.63, 3.8) is 0 Å². The average molecular weight is 681 g/mol. The lowest BCUT2D eigenvalue weighted by atomic mass is 9.98. The highest BCUT2D eigenvalue weighted by atomic mass is 33.1. The first-order valence-corrected chi connectivity index (χ1v) is 17.4. The van der Waals surface area contributed by atoms with Gasteiger partial charge in [0.05, 0.1) is 20.9 Å². The van der Waals surface area contributed by atoms with Crippen LogP contribution < -0.4 is 10.6 Å². The molecule has 0 saturated carbocycles. The number of halogens is 2. The van der Waals surface area contributed by atoms with Gasteiger partial charge in [0.1, 0.15) is 34.9 Å². The molecule has 2 unspecified atom stereocenters. The van der Waals surface area contributed by atoms with Crippen molar-refractivity contribution in [1.82, 2.24) is 10.6 Å². The predicted molar refractivity (Wildman–Crippen MR) is 178 cm³/mol. The lowest BCUT2D eigenvalue weighted by Gasteiger charge is -2.28. The van der Waals surface area contributed by atoms with Crippen molar-refractivity contribution in [2.45, 2.75) is 115 Å². The molecule has 0 spiro atoms. The van der Waals surface area contributed by atoms with Crippen molar-refractivity contribution in [2.75, 3.05) is 0 Å². The van der Waals surface area contributed by atoms with Gasteiger partial charge < -0.3 is 20.1 Å². The number of rotatable bonds is 13. The first kappa shape index (κ1) is 39.1. The zero-order chi connectivity index (χ0) is 35.0. The van der Waals surface area contributed by atoms with Gasteiger partial charge in [-0.15, -0.1) is 0 Å². The fraction of sp³-hybridized carbons (Fsp3) is 0.529. The summed E-state index contributed by atoms with van der Waals surface area (Å²) in [5, 5.41) is 5.39. The SMILES string of the molecule is CCC(C)[C@H](NC(=O)c1cccc(F)c1SSc1c(F)cccc1C(=O)N[C@H](C(=O)OC(C)(C)C)C(C)CC)C(=O)OC(C)(C)C. The number of hydrogen-bond donors (Lipinski definition) is 2. The number of esters is 2. The normalized spacial score (nSPS) is 14.4. The topological polar surface area (TPSA) is 111 Å². The molecule has 2 aromatic rings. The van der Waals surface area contributed by atoms with E-state index in [4.69, 9.17) is 9.47 Å². The standard InChI is InChI=1S/C34H46F2N2O6S2/c1-11-19(3)25(31(41)43-33(5,6)7)37-29(39)21-15-13-17-23(35)27(21)45-46-28-22(16-14-18-24(28)36)30(40)38-26(20(4)12-2)32(42)44-34(8,9)10/h13-20,25-26H,11-12H2,1-10H3,(H,37,39)(H,38,40)/t19?,20?,25-,26-/m0/s1. The molecule has 2 N–H and O–H groups in total. The number of carbonyl (C=O) groups excluding carboxylic acids is 4. The van der Waals surface area contributed by atoms with Gasteiger partial charge in [0.2, 0.25) is 0 Å². The van der Waals surface area contributed by atoms with Gasteiger partial charge in [0, 0.05) is 0 Å². The second kappa shape index (κ2) is 16.6. The molecule has 46 heavy (non-hydrogen) atoms. The number of nitrogens with one attached hydrogen (secondary N) is 2. The molecule has 2 aromatic carbocycles. The first-order valence-electron chi connectivity index (χ1n) is 15.3. The van der Waals surface area contributed by atoms with Crippen LogP contribution in [-0.2, 0) is 19.1 Å². The molecule has 2 amide bonds. The minimum atomic E-state index is -0.990. The van der Waals surface area contributed by atoms with Crippen LogP contribution in [0.1, 0.15) is 103 Å². The van der Waals surface area contributed by atoms with Gasteiger partial charge in [0.15, 0.2) is 0 Å². The van der Waals surface area contributed by atoms with E-state index in [0.29, 0.717) is 12.8 Å². The van der Waals surface area contributed by atoms with Gasteiger partial charge in [-0.25, -0.2) is 18.4 Å². The Bertz CT molecular complexity index is 1300. The van der Waals surface area contributed by atoms with Crippen LogP contribution in [0.25, 0.3) is 0 Å². The van der Waals surface area contributed by atoms with Crippen LogP contribution in [0.4, 0.5) is 8.78 Å². The molecule has 0 aliphatic carbocycles. The zero-order valence-electron chi connectivity index (χ0n) is 28.2. The average Bonchev–Trinajstić information content (AvgIpc) is 2.95. The quantitative estimate of drug-likeness (QED) is 0.163. The first-order chi connectivity index (χ1) is 21.3. The summed E-state index contributed by atoms with van der Waals surface area (Å²) in [7, 11) is 1.51. The molecule has 254 valence electrons.